The SMILES string of the molecule is O=C=Nc1ccc(C2CCOC2)nc1. The van der Waals surface area contributed by atoms with Crippen LogP contribution in [0.5, 0.6) is 0 Å². The van der Waals surface area contributed by atoms with E-state index in [2.05, 4.69) is 9.98 Å². The molecule has 0 N–H and O–H groups in total. The number of hydrogen-bond donors (Lipinski definition) is 0. The molecule has 4 nitrogen and oxygen atoms in total. The van der Waals surface area contributed by atoms with Crippen LogP contribution in [0.3, 0.4) is 0 Å². The second-order valence-corrected chi connectivity index (χ2v) is 3.20. The van der Waals surface area contributed by atoms with Crippen LogP contribution in [0.4, 0.5) is 5.69 Å². The van der Waals surface area contributed by atoms with Crippen molar-refractivity contribution in [3.8, 4) is 0 Å². The standard InChI is InChI=1S/C10H10N2O2/c13-7-12-9-1-2-10(11-5-9)8-3-4-14-6-8/h1-2,5,8H,3-4,6H2. The van der Waals surface area contributed by atoms with Gasteiger partial charge in [0, 0.05) is 18.2 Å². The average Bonchev–Trinajstić information content (AvgIpc) is 2.72. The maximum atomic E-state index is 9.98. The van der Waals surface area contributed by atoms with Gasteiger partial charge < -0.3 is 4.74 Å². The molecule has 1 unspecified atom stereocenters. The summed E-state index contributed by atoms with van der Waals surface area (Å²) in [5, 5.41) is 0. The molecule has 0 aromatic carbocycles. The molecule has 2 rings (SSSR count). The van der Waals surface area contributed by atoms with Gasteiger partial charge in [0.15, 0.2) is 0 Å². The number of hydrogen-bond acceptors (Lipinski definition) is 4. The lowest BCUT2D eigenvalue weighted by atomic mass is 10.0. The van der Waals surface area contributed by atoms with Crippen LogP contribution >= 0.6 is 0 Å². The molecule has 72 valence electrons. The maximum absolute atomic E-state index is 9.98. The van der Waals surface area contributed by atoms with E-state index in [0.717, 1.165) is 25.3 Å². The van der Waals surface area contributed by atoms with Crippen molar-refractivity contribution in [2.75, 3.05) is 13.2 Å². The van der Waals surface area contributed by atoms with Gasteiger partial charge in [-0.2, -0.15) is 4.99 Å². The molecule has 1 saturated heterocycles. The van der Waals surface area contributed by atoms with Crippen LogP contribution in [0.25, 0.3) is 0 Å². The van der Waals surface area contributed by atoms with Crippen molar-refractivity contribution < 1.29 is 9.53 Å². The van der Waals surface area contributed by atoms with Crippen LogP contribution in [0.2, 0.25) is 0 Å². The number of rotatable bonds is 2. The predicted octanol–water partition coefficient (Wildman–Crippen LogP) is 1.55. The molecule has 0 bridgehead atoms. The summed E-state index contributed by atoms with van der Waals surface area (Å²) >= 11 is 0. The Morgan fingerprint density at radius 1 is 1.57 bits per heavy atom. The first-order chi connectivity index (χ1) is 6.90. The lowest BCUT2D eigenvalue weighted by molar-refractivity contribution is 0.193. The second kappa shape index (κ2) is 4.13. The third-order valence-corrected chi connectivity index (χ3v) is 2.29. The van der Waals surface area contributed by atoms with Crippen molar-refractivity contribution in [2.24, 2.45) is 4.99 Å². The largest absolute Gasteiger partial charge is 0.381 e. The topological polar surface area (TPSA) is 51.5 Å². The van der Waals surface area contributed by atoms with Gasteiger partial charge >= 0.3 is 0 Å². The fourth-order valence-electron chi connectivity index (χ4n) is 1.53. The van der Waals surface area contributed by atoms with Crippen LogP contribution < -0.4 is 0 Å². The zero-order valence-corrected chi connectivity index (χ0v) is 7.64. The lowest BCUT2D eigenvalue weighted by Crippen LogP contribution is -1.99. The van der Waals surface area contributed by atoms with Crippen LogP contribution in [0, 0.1) is 0 Å². The van der Waals surface area contributed by atoms with Gasteiger partial charge in [0.05, 0.1) is 18.5 Å². The smallest absolute Gasteiger partial charge is 0.240 e. The maximum Gasteiger partial charge on any atom is 0.240 e. The summed E-state index contributed by atoms with van der Waals surface area (Å²) in [4.78, 5) is 17.7. The highest BCUT2D eigenvalue weighted by atomic mass is 16.5. The van der Waals surface area contributed by atoms with E-state index < -0.39 is 0 Å². The summed E-state index contributed by atoms with van der Waals surface area (Å²) in [6.45, 7) is 1.55. The third-order valence-electron chi connectivity index (χ3n) is 2.29. The minimum atomic E-state index is 0.393. The van der Waals surface area contributed by atoms with Crippen molar-refractivity contribution in [3.05, 3.63) is 24.0 Å². The van der Waals surface area contributed by atoms with E-state index >= 15 is 0 Å². The predicted molar refractivity (Wildman–Crippen MR) is 50.2 cm³/mol. The molecule has 0 spiro atoms. The Hall–Kier alpha value is -1.51. The number of nitrogens with zero attached hydrogens (tertiary/aromatic N) is 2. The Balaban J connectivity index is 2.16. The van der Waals surface area contributed by atoms with Gasteiger partial charge in [-0.15, -0.1) is 0 Å². The number of pyridine rings is 1. The molecule has 1 aliphatic heterocycles. The number of ether oxygens (including phenoxy) is 1. The van der Waals surface area contributed by atoms with Gasteiger partial charge in [0.2, 0.25) is 6.08 Å². The third kappa shape index (κ3) is 1.87. The zero-order valence-electron chi connectivity index (χ0n) is 7.64. The highest BCUT2D eigenvalue weighted by molar-refractivity contribution is 5.47. The molecule has 0 aliphatic carbocycles. The highest BCUT2D eigenvalue weighted by Gasteiger charge is 2.18. The van der Waals surface area contributed by atoms with Gasteiger partial charge in [0.25, 0.3) is 0 Å². The number of aromatic nitrogens is 1. The lowest BCUT2D eigenvalue weighted by Gasteiger charge is -2.05. The Morgan fingerprint density at radius 2 is 2.50 bits per heavy atom. The minimum absolute atomic E-state index is 0.393. The first-order valence-electron chi connectivity index (χ1n) is 4.52. The molecule has 4 heteroatoms. The molecule has 0 saturated carbocycles. The summed E-state index contributed by atoms with van der Waals surface area (Å²) in [6.07, 6.45) is 4.08. The zero-order chi connectivity index (χ0) is 9.80. The quantitative estimate of drug-likeness (QED) is 0.525. The van der Waals surface area contributed by atoms with Gasteiger partial charge in [-0.05, 0) is 18.6 Å². The van der Waals surface area contributed by atoms with Gasteiger partial charge in [0.1, 0.15) is 0 Å². The number of isocyanates is 1. The second-order valence-electron chi connectivity index (χ2n) is 3.20. The summed E-state index contributed by atoms with van der Waals surface area (Å²) in [5.74, 6) is 0.393. The first kappa shape index (κ1) is 9.06. The van der Waals surface area contributed by atoms with Gasteiger partial charge in [-0.3, -0.25) is 4.98 Å². The van der Waals surface area contributed by atoms with E-state index in [9.17, 15) is 4.79 Å². The molecule has 1 aromatic rings. The van der Waals surface area contributed by atoms with Crippen LogP contribution in [0.1, 0.15) is 18.0 Å². The Morgan fingerprint density at radius 3 is 3.07 bits per heavy atom. The summed E-state index contributed by atoms with van der Waals surface area (Å²) in [6, 6.07) is 3.65. The molecular weight excluding hydrogens is 180 g/mol. The molecule has 1 aliphatic rings. The van der Waals surface area contributed by atoms with Crippen molar-refractivity contribution in [3.63, 3.8) is 0 Å². The van der Waals surface area contributed by atoms with Crippen molar-refractivity contribution in [2.45, 2.75) is 12.3 Å². The molecule has 2 heterocycles. The molecule has 1 fully saturated rings. The minimum Gasteiger partial charge on any atom is -0.381 e. The fourth-order valence-corrected chi connectivity index (χ4v) is 1.53. The molecular formula is C10H10N2O2. The average molecular weight is 190 g/mol. The summed E-state index contributed by atoms with van der Waals surface area (Å²) in [5.41, 5.74) is 1.55. The monoisotopic (exact) mass is 190 g/mol. The van der Waals surface area contributed by atoms with E-state index in [0.29, 0.717) is 11.6 Å². The van der Waals surface area contributed by atoms with Gasteiger partial charge in [-0.25, -0.2) is 4.79 Å². The van der Waals surface area contributed by atoms with E-state index in [1.807, 2.05) is 6.07 Å². The van der Waals surface area contributed by atoms with Crippen molar-refractivity contribution in [1.29, 1.82) is 0 Å². The first-order valence-corrected chi connectivity index (χ1v) is 4.52. The normalized spacial score (nSPS) is 20.4. The van der Waals surface area contributed by atoms with E-state index in [1.165, 1.54) is 6.08 Å². The molecule has 0 amide bonds. The van der Waals surface area contributed by atoms with Crippen molar-refractivity contribution >= 4 is 11.8 Å². The fraction of sp³-hybridized carbons (Fsp3) is 0.400. The summed E-state index contributed by atoms with van der Waals surface area (Å²) < 4.78 is 5.26. The summed E-state index contributed by atoms with van der Waals surface area (Å²) in [7, 11) is 0. The van der Waals surface area contributed by atoms with Crippen LogP contribution in [-0.4, -0.2) is 24.3 Å². The molecule has 14 heavy (non-hydrogen) atoms. The van der Waals surface area contributed by atoms with E-state index in [4.69, 9.17) is 4.74 Å². The van der Waals surface area contributed by atoms with Crippen molar-refractivity contribution in [1.82, 2.24) is 4.98 Å². The Kier molecular flexibility index (Phi) is 2.68. The number of aliphatic imine (C=N–C) groups is 1. The number of carbonyl (C=O) groups excluding carboxylic acids is 1. The molecule has 0 radical (unpaired) electrons. The molecule has 1 atom stereocenters. The van der Waals surface area contributed by atoms with Crippen LogP contribution in [-0.2, 0) is 9.53 Å². The Labute approximate surface area is 81.6 Å². The highest BCUT2D eigenvalue weighted by Crippen LogP contribution is 2.24. The van der Waals surface area contributed by atoms with E-state index in [-0.39, 0.29) is 0 Å². The Bertz CT molecular complexity index is 349. The van der Waals surface area contributed by atoms with Crippen LogP contribution in [0.15, 0.2) is 23.3 Å². The van der Waals surface area contributed by atoms with E-state index in [1.54, 1.807) is 12.3 Å². The molecule has 1 aromatic heterocycles. The van der Waals surface area contributed by atoms with Gasteiger partial charge in [-0.1, -0.05) is 0 Å².